The third kappa shape index (κ3) is 3.33. The summed E-state index contributed by atoms with van der Waals surface area (Å²) in [5.41, 5.74) is 1.97. The second kappa shape index (κ2) is 7.05. The van der Waals surface area contributed by atoms with E-state index in [2.05, 4.69) is 20.5 Å². The Morgan fingerprint density at radius 3 is 2.97 bits per heavy atom. The summed E-state index contributed by atoms with van der Waals surface area (Å²) < 4.78 is 12.9. The first kappa shape index (κ1) is 17.4. The van der Waals surface area contributed by atoms with Crippen molar-refractivity contribution >= 4 is 11.4 Å². The van der Waals surface area contributed by atoms with Gasteiger partial charge < -0.3 is 18.9 Å². The quantitative estimate of drug-likeness (QED) is 0.544. The lowest BCUT2D eigenvalue weighted by molar-refractivity contribution is 0.0944. The van der Waals surface area contributed by atoms with Gasteiger partial charge in [-0.1, -0.05) is 12.1 Å². The van der Waals surface area contributed by atoms with E-state index >= 15 is 0 Å². The van der Waals surface area contributed by atoms with Gasteiger partial charge in [0, 0.05) is 17.7 Å². The maximum Gasteiger partial charge on any atom is 0.272 e. The van der Waals surface area contributed by atoms with Gasteiger partial charge in [-0.3, -0.25) is 4.79 Å². The molecule has 1 saturated carbocycles. The minimum Gasteiger partial charge on any atom is -0.497 e. The third-order valence-electron chi connectivity index (χ3n) is 4.92. The monoisotopic (exact) mass is 389 g/mol. The lowest BCUT2D eigenvalue weighted by atomic mass is 10.2. The molecule has 0 aliphatic heterocycles. The molecule has 8 nitrogen and oxygen atoms in total. The van der Waals surface area contributed by atoms with Crippen LogP contribution in [0.3, 0.4) is 0 Å². The number of methoxy groups -OCH3 is 1. The first-order chi connectivity index (χ1) is 14.2. The van der Waals surface area contributed by atoms with Crippen molar-refractivity contribution in [3.63, 3.8) is 0 Å². The average molecular weight is 389 g/mol. The molecule has 0 unspecified atom stereocenters. The normalized spacial score (nSPS) is 13.6. The summed E-state index contributed by atoms with van der Waals surface area (Å²) in [5.74, 6) is 2.52. The number of pyridine rings is 1. The summed E-state index contributed by atoms with van der Waals surface area (Å²) >= 11 is 0. The van der Waals surface area contributed by atoms with Crippen LogP contribution in [-0.4, -0.2) is 32.6 Å². The van der Waals surface area contributed by atoms with E-state index in [0.29, 0.717) is 29.1 Å². The molecule has 0 saturated heterocycles. The number of imidazole rings is 1. The molecule has 8 heteroatoms. The third-order valence-corrected chi connectivity index (χ3v) is 4.92. The van der Waals surface area contributed by atoms with Gasteiger partial charge in [-0.25, -0.2) is 4.98 Å². The molecular weight excluding hydrogens is 370 g/mol. The summed E-state index contributed by atoms with van der Waals surface area (Å²) in [5, 5.41) is 10.9. The molecule has 146 valence electrons. The van der Waals surface area contributed by atoms with E-state index in [4.69, 9.17) is 9.15 Å². The predicted molar refractivity (Wildman–Crippen MR) is 105 cm³/mol. The predicted octanol–water partition coefficient (Wildman–Crippen LogP) is 3.20. The Kier molecular flexibility index (Phi) is 4.23. The lowest BCUT2D eigenvalue weighted by Gasteiger charge is -2.01. The van der Waals surface area contributed by atoms with Crippen LogP contribution in [0.2, 0.25) is 0 Å². The fourth-order valence-corrected chi connectivity index (χ4v) is 3.30. The van der Waals surface area contributed by atoms with Crippen molar-refractivity contribution in [2.75, 3.05) is 7.11 Å². The highest BCUT2D eigenvalue weighted by Gasteiger charge is 2.30. The molecule has 3 heterocycles. The summed E-state index contributed by atoms with van der Waals surface area (Å²) in [7, 11) is 1.60. The fraction of sp³-hybridized carbons (Fsp3) is 0.238. The van der Waals surface area contributed by atoms with Gasteiger partial charge in [0.05, 0.1) is 19.2 Å². The molecule has 5 rings (SSSR count). The van der Waals surface area contributed by atoms with Crippen molar-refractivity contribution in [2.45, 2.75) is 25.3 Å². The SMILES string of the molecule is COc1cccc(-c2nnc(CNC(=O)c3nc(C4CC4)n4ccccc34)o2)c1. The summed E-state index contributed by atoms with van der Waals surface area (Å²) in [6, 6.07) is 13.1. The first-order valence-corrected chi connectivity index (χ1v) is 9.45. The number of rotatable bonds is 6. The van der Waals surface area contributed by atoms with Crippen molar-refractivity contribution in [1.82, 2.24) is 24.9 Å². The maximum atomic E-state index is 12.8. The highest BCUT2D eigenvalue weighted by atomic mass is 16.5. The number of amides is 1. The topological polar surface area (TPSA) is 94.6 Å². The molecule has 1 aliphatic rings. The van der Waals surface area contributed by atoms with Gasteiger partial charge in [0.1, 0.15) is 11.6 Å². The highest BCUT2D eigenvalue weighted by Crippen LogP contribution is 2.40. The van der Waals surface area contributed by atoms with Gasteiger partial charge >= 0.3 is 0 Å². The molecular formula is C21H19N5O3. The molecule has 29 heavy (non-hydrogen) atoms. The van der Waals surface area contributed by atoms with Crippen molar-refractivity contribution in [1.29, 1.82) is 0 Å². The Labute approximate surface area is 166 Å². The Morgan fingerprint density at radius 1 is 1.24 bits per heavy atom. The van der Waals surface area contributed by atoms with Gasteiger partial charge in [0.25, 0.3) is 5.91 Å². The van der Waals surface area contributed by atoms with Gasteiger partial charge in [0.15, 0.2) is 5.69 Å². The van der Waals surface area contributed by atoms with E-state index in [1.807, 2.05) is 53.1 Å². The molecule has 0 spiro atoms. The Hall–Kier alpha value is -3.68. The number of carbonyl (C=O) groups is 1. The second-order valence-corrected chi connectivity index (χ2v) is 6.96. The van der Waals surface area contributed by atoms with E-state index in [0.717, 1.165) is 29.7 Å². The van der Waals surface area contributed by atoms with E-state index < -0.39 is 0 Å². The number of hydrogen-bond acceptors (Lipinski definition) is 6. The Balaban J connectivity index is 1.33. The highest BCUT2D eigenvalue weighted by molar-refractivity contribution is 5.99. The first-order valence-electron chi connectivity index (χ1n) is 9.45. The number of aromatic nitrogens is 4. The van der Waals surface area contributed by atoms with Gasteiger partial charge in [0.2, 0.25) is 11.8 Å². The van der Waals surface area contributed by atoms with Crippen molar-refractivity contribution in [3.05, 3.63) is 66.1 Å². The number of nitrogens with zero attached hydrogens (tertiary/aromatic N) is 4. The zero-order chi connectivity index (χ0) is 19.8. The minimum absolute atomic E-state index is 0.125. The summed E-state index contributed by atoms with van der Waals surface area (Å²) in [6.07, 6.45) is 4.18. The largest absolute Gasteiger partial charge is 0.497 e. The smallest absolute Gasteiger partial charge is 0.272 e. The van der Waals surface area contributed by atoms with Crippen molar-refractivity contribution < 1.29 is 13.9 Å². The van der Waals surface area contributed by atoms with Gasteiger partial charge in [-0.05, 0) is 43.2 Å². The molecule has 3 aromatic heterocycles. The lowest BCUT2D eigenvalue weighted by Crippen LogP contribution is -2.23. The molecule has 1 aliphatic carbocycles. The van der Waals surface area contributed by atoms with Crippen molar-refractivity contribution in [2.24, 2.45) is 0 Å². The van der Waals surface area contributed by atoms with Crippen molar-refractivity contribution in [3.8, 4) is 17.2 Å². The minimum atomic E-state index is -0.262. The molecule has 0 bridgehead atoms. The van der Waals surface area contributed by atoms with E-state index in [-0.39, 0.29) is 12.5 Å². The van der Waals surface area contributed by atoms with E-state index in [1.165, 1.54) is 0 Å². The fourth-order valence-electron chi connectivity index (χ4n) is 3.30. The van der Waals surface area contributed by atoms with Crippen LogP contribution < -0.4 is 10.1 Å². The molecule has 1 amide bonds. The zero-order valence-corrected chi connectivity index (χ0v) is 15.8. The molecule has 1 N–H and O–H groups in total. The van der Waals surface area contributed by atoms with Crippen LogP contribution in [-0.2, 0) is 6.54 Å². The number of fused-ring (bicyclic) bond motifs is 1. The van der Waals surface area contributed by atoms with Crippen LogP contribution in [0.1, 0.15) is 41.0 Å². The number of hydrogen-bond donors (Lipinski definition) is 1. The van der Waals surface area contributed by atoms with Gasteiger partial charge in [-0.15, -0.1) is 10.2 Å². The zero-order valence-electron chi connectivity index (χ0n) is 15.8. The van der Waals surface area contributed by atoms with E-state index in [1.54, 1.807) is 7.11 Å². The van der Waals surface area contributed by atoms with E-state index in [9.17, 15) is 4.79 Å². The number of nitrogens with one attached hydrogen (secondary N) is 1. The number of ether oxygens (including phenoxy) is 1. The molecule has 4 aromatic rings. The Bertz CT molecular complexity index is 1190. The number of carbonyl (C=O) groups excluding carboxylic acids is 1. The summed E-state index contributed by atoms with van der Waals surface area (Å²) in [6.45, 7) is 0.125. The van der Waals surface area contributed by atoms with Crippen LogP contribution in [0, 0.1) is 0 Å². The van der Waals surface area contributed by atoms with Crippen LogP contribution in [0.15, 0.2) is 53.1 Å². The molecule has 0 atom stereocenters. The molecule has 1 fully saturated rings. The van der Waals surface area contributed by atoms with Crippen LogP contribution >= 0.6 is 0 Å². The second-order valence-electron chi connectivity index (χ2n) is 6.96. The van der Waals surface area contributed by atoms with Crippen LogP contribution in [0.5, 0.6) is 5.75 Å². The maximum absolute atomic E-state index is 12.8. The summed E-state index contributed by atoms with van der Waals surface area (Å²) in [4.78, 5) is 17.4. The molecule has 1 aromatic carbocycles. The average Bonchev–Trinajstić information content (AvgIpc) is 3.36. The van der Waals surface area contributed by atoms with Crippen LogP contribution in [0.25, 0.3) is 17.0 Å². The van der Waals surface area contributed by atoms with Crippen LogP contribution in [0.4, 0.5) is 0 Å². The number of benzene rings is 1. The Morgan fingerprint density at radius 2 is 2.14 bits per heavy atom. The molecule has 0 radical (unpaired) electrons. The van der Waals surface area contributed by atoms with Gasteiger partial charge in [-0.2, -0.15) is 0 Å². The standard InChI is InChI=1S/C21H19N5O3/c1-28-15-6-4-5-14(11-15)21-25-24-17(29-21)12-22-20(27)18-16-7-2-3-10-26(16)19(23-18)13-8-9-13/h2-7,10-11,13H,8-9,12H2,1H3,(H,22,27).